The number of aryl methyl sites for hydroxylation is 1. The first kappa shape index (κ1) is 32.5. The molecule has 4 amide bonds. The second kappa shape index (κ2) is 13.8. The van der Waals surface area contributed by atoms with E-state index in [2.05, 4.69) is 15.1 Å². The summed E-state index contributed by atoms with van der Waals surface area (Å²) in [4.78, 5) is 52.2. The van der Waals surface area contributed by atoms with Gasteiger partial charge in [-0.05, 0) is 79.8 Å². The summed E-state index contributed by atoms with van der Waals surface area (Å²) >= 11 is 8.13. The van der Waals surface area contributed by atoms with Crippen LogP contribution in [-0.4, -0.2) is 120 Å². The molecular weight excluding hydrogens is 638 g/mol. The predicted molar refractivity (Wildman–Crippen MR) is 184 cm³/mol. The Bertz CT molecular complexity index is 1480. The van der Waals surface area contributed by atoms with Gasteiger partial charge >= 0.3 is 12.1 Å². The molecule has 11 nitrogen and oxygen atoms in total. The van der Waals surface area contributed by atoms with Crippen LogP contribution in [0.25, 0.3) is 0 Å². The van der Waals surface area contributed by atoms with Crippen LogP contribution in [0.1, 0.15) is 48.6 Å². The van der Waals surface area contributed by atoms with Crippen LogP contribution in [0.4, 0.5) is 21.0 Å². The van der Waals surface area contributed by atoms with E-state index < -0.39 is 12.2 Å². The topological polar surface area (TPSA) is 115 Å². The summed E-state index contributed by atoms with van der Waals surface area (Å²) in [5.74, 6) is 0.588. The second-order valence-electron chi connectivity index (χ2n) is 13.7. The minimum atomic E-state index is -0.974. The number of benzene rings is 1. The van der Waals surface area contributed by atoms with Crippen molar-refractivity contribution in [3.63, 3.8) is 0 Å². The van der Waals surface area contributed by atoms with Gasteiger partial charge in [-0.1, -0.05) is 24.6 Å². The quantitative estimate of drug-likeness (QED) is 0.418. The number of piperidine rings is 4. The average Bonchev–Trinajstić information content (AvgIpc) is 3.56. The highest BCUT2D eigenvalue weighted by Crippen LogP contribution is 2.33. The number of halogens is 1. The van der Waals surface area contributed by atoms with Crippen LogP contribution >= 0.6 is 22.9 Å². The summed E-state index contributed by atoms with van der Waals surface area (Å²) in [5, 5.41) is 5.42. The van der Waals surface area contributed by atoms with Gasteiger partial charge in [-0.3, -0.25) is 9.69 Å². The third-order valence-electron chi connectivity index (χ3n) is 11.0. The number of anilines is 2. The number of carbonyl (C=O) groups is 3. The Labute approximate surface area is 285 Å². The largest absolute Gasteiger partial charge is 0.436 e. The third-order valence-corrected chi connectivity index (χ3v) is 12.3. The first-order valence-corrected chi connectivity index (χ1v) is 18.4. The maximum atomic E-state index is 14.1. The molecule has 5 fully saturated rings. The maximum absolute atomic E-state index is 14.1. The fourth-order valence-electron chi connectivity index (χ4n) is 8.21. The third kappa shape index (κ3) is 6.79. The van der Waals surface area contributed by atoms with E-state index in [1.807, 2.05) is 34.2 Å². The number of rotatable bonds is 7. The lowest BCUT2D eigenvalue weighted by Crippen LogP contribution is -2.62. The summed E-state index contributed by atoms with van der Waals surface area (Å²) in [6, 6.07) is 6.19. The highest BCUT2D eigenvalue weighted by molar-refractivity contribution is 7.10. The SMILES string of the molecule is CCc1cc(C[C@@H](OC(=O)N2CCC(N3Cc4sccc4NC3=O)CC2)C(=O)N2CCN(C3CN4CCC3CC4)CC2)cc(Cl)c1N. The van der Waals surface area contributed by atoms with Gasteiger partial charge in [-0.2, -0.15) is 0 Å². The fraction of sp³-hybridized carbons (Fsp3) is 0.618. The van der Waals surface area contributed by atoms with Gasteiger partial charge < -0.3 is 35.4 Å². The molecule has 6 aliphatic heterocycles. The zero-order valence-corrected chi connectivity index (χ0v) is 28.7. The van der Waals surface area contributed by atoms with Crippen molar-refractivity contribution in [2.75, 3.05) is 70.0 Å². The number of hydrogen-bond acceptors (Lipinski definition) is 8. The van der Waals surface area contributed by atoms with E-state index in [1.54, 1.807) is 22.3 Å². The molecule has 13 heteroatoms. The monoisotopic (exact) mass is 683 g/mol. The van der Waals surface area contributed by atoms with Gasteiger partial charge in [-0.25, -0.2) is 9.59 Å². The lowest BCUT2D eigenvalue weighted by atomic mass is 9.83. The van der Waals surface area contributed by atoms with Gasteiger partial charge in [0.2, 0.25) is 0 Å². The first-order chi connectivity index (χ1) is 22.8. The van der Waals surface area contributed by atoms with Crippen molar-refractivity contribution in [2.24, 2.45) is 5.92 Å². The first-order valence-electron chi connectivity index (χ1n) is 17.2. The molecule has 1 aromatic carbocycles. The van der Waals surface area contributed by atoms with Gasteiger partial charge in [0.25, 0.3) is 5.91 Å². The minimum absolute atomic E-state index is 0.0311. The highest BCUT2D eigenvalue weighted by Gasteiger charge is 2.40. The van der Waals surface area contributed by atoms with Crippen LogP contribution in [0.3, 0.4) is 0 Å². The van der Waals surface area contributed by atoms with Crippen molar-refractivity contribution in [3.8, 4) is 0 Å². The van der Waals surface area contributed by atoms with E-state index in [0.29, 0.717) is 68.7 Å². The van der Waals surface area contributed by atoms with Gasteiger partial charge in [0.1, 0.15) is 0 Å². The molecule has 254 valence electrons. The molecule has 6 aliphatic rings. The summed E-state index contributed by atoms with van der Waals surface area (Å²) in [5.41, 5.74) is 9.37. The van der Waals surface area contributed by atoms with E-state index in [4.69, 9.17) is 22.1 Å². The van der Waals surface area contributed by atoms with E-state index in [9.17, 15) is 14.4 Å². The van der Waals surface area contributed by atoms with E-state index in [0.717, 1.165) is 47.2 Å². The number of urea groups is 1. The Kier molecular flexibility index (Phi) is 9.55. The lowest BCUT2D eigenvalue weighted by molar-refractivity contribution is -0.143. The Hall–Kier alpha value is -3.06. The van der Waals surface area contributed by atoms with Gasteiger partial charge in [0.05, 0.1) is 22.9 Å². The standard InChI is InChI=1S/C34H46ClN7O4S/c1-2-23-17-22(18-26(35)31(23)36)19-29(32(43)40-14-12-39(13-15-40)28-20-38-8-3-24(28)4-9-38)46-34(45)41-10-5-25(6-11-41)42-21-30-27(7-16-47-30)37-33(42)44/h7,16-18,24-25,28-29H,2-6,8-15,19-21,36H2,1H3,(H,37,44)/t28?,29-/m1/s1. The molecule has 2 atom stereocenters. The number of nitrogens with one attached hydrogen (secondary N) is 1. The number of nitrogen functional groups attached to an aromatic ring is 1. The number of likely N-dealkylation sites (tertiary alicyclic amines) is 1. The van der Waals surface area contributed by atoms with Crippen molar-refractivity contribution in [3.05, 3.63) is 44.6 Å². The van der Waals surface area contributed by atoms with Crippen LogP contribution in [0, 0.1) is 5.92 Å². The van der Waals surface area contributed by atoms with Crippen LogP contribution < -0.4 is 11.1 Å². The number of carbonyl (C=O) groups excluding carboxylic acids is 3. The molecule has 0 aliphatic carbocycles. The molecule has 3 N–H and O–H groups in total. The van der Waals surface area contributed by atoms with Crippen molar-refractivity contribution in [1.82, 2.24) is 24.5 Å². The smallest absolute Gasteiger partial charge is 0.410 e. The predicted octanol–water partition coefficient (Wildman–Crippen LogP) is 4.34. The molecule has 2 bridgehead atoms. The van der Waals surface area contributed by atoms with Gasteiger partial charge in [-0.15, -0.1) is 11.3 Å². The number of piperazine rings is 1. The molecular formula is C34H46ClN7O4S. The van der Waals surface area contributed by atoms with Gasteiger partial charge in [0, 0.05) is 69.2 Å². The van der Waals surface area contributed by atoms with Crippen LogP contribution in [-0.2, 0) is 28.9 Å². The van der Waals surface area contributed by atoms with Crippen molar-refractivity contribution >= 4 is 52.3 Å². The Morgan fingerprint density at radius 3 is 2.47 bits per heavy atom. The number of ether oxygens (including phenoxy) is 1. The number of amides is 4. The molecule has 1 aromatic heterocycles. The van der Waals surface area contributed by atoms with Crippen LogP contribution in [0.2, 0.25) is 5.02 Å². The highest BCUT2D eigenvalue weighted by atomic mass is 35.5. The molecule has 0 radical (unpaired) electrons. The summed E-state index contributed by atoms with van der Waals surface area (Å²) in [7, 11) is 0. The summed E-state index contributed by atoms with van der Waals surface area (Å²) in [6.07, 6.45) is 3.30. The Balaban J connectivity index is 1.00. The second-order valence-corrected chi connectivity index (χ2v) is 15.1. The van der Waals surface area contributed by atoms with Crippen molar-refractivity contribution < 1.29 is 19.1 Å². The summed E-state index contributed by atoms with van der Waals surface area (Å²) in [6.45, 7) is 9.97. The molecule has 0 spiro atoms. The fourth-order valence-corrected chi connectivity index (χ4v) is 9.29. The number of hydrogen-bond donors (Lipinski definition) is 2. The Morgan fingerprint density at radius 2 is 1.79 bits per heavy atom. The van der Waals surface area contributed by atoms with Crippen molar-refractivity contribution in [1.29, 1.82) is 0 Å². The summed E-state index contributed by atoms with van der Waals surface area (Å²) < 4.78 is 6.08. The minimum Gasteiger partial charge on any atom is -0.436 e. The number of nitrogens with two attached hydrogens (primary N) is 1. The number of nitrogens with zero attached hydrogens (tertiary/aromatic N) is 5. The molecule has 47 heavy (non-hydrogen) atoms. The average molecular weight is 684 g/mol. The lowest BCUT2D eigenvalue weighted by Gasteiger charge is -2.51. The molecule has 5 saturated heterocycles. The van der Waals surface area contributed by atoms with Crippen LogP contribution in [0.5, 0.6) is 0 Å². The van der Waals surface area contributed by atoms with Crippen LogP contribution in [0.15, 0.2) is 23.6 Å². The normalized spacial score (nSPS) is 25.8. The van der Waals surface area contributed by atoms with E-state index >= 15 is 0 Å². The molecule has 8 rings (SSSR count). The zero-order chi connectivity index (χ0) is 32.7. The molecule has 1 unspecified atom stereocenters. The maximum Gasteiger partial charge on any atom is 0.410 e. The van der Waals surface area contributed by atoms with Crippen molar-refractivity contribution in [2.45, 2.75) is 70.2 Å². The van der Waals surface area contributed by atoms with Gasteiger partial charge in [0.15, 0.2) is 6.10 Å². The molecule has 2 aromatic rings. The molecule has 0 saturated carbocycles. The van der Waals surface area contributed by atoms with E-state index in [-0.39, 0.29) is 24.4 Å². The van der Waals surface area contributed by atoms with E-state index in [1.165, 1.54) is 25.9 Å². The Morgan fingerprint density at radius 1 is 1.04 bits per heavy atom. The number of thiophene rings is 1. The zero-order valence-electron chi connectivity index (χ0n) is 27.2. The molecule has 7 heterocycles. The number of fused-ring (bicyclic) bond motifs is 4.